The fourth-order valence-corrected chi connectivity index (χ4v) is 5.39. The average Bonchev–Trinajstić information content (AvgIpc) is 2.99. The predicted octanol–water partition coefficient (Wildman–Crippen LogP) is 6.21. The van der Waals surface area contributed by atoms with Crippen LogP contribution in [0.3, 0.4) is 0 Å². The number of anilines is 1. The van der Waals surface area contributed by atoms with Crippen LogP contribution in [0.5, 0.6) is 0 Å². The topological polar surface area (TPSA) is 61.4 Å². The molecule has 3 unspecified atom stereocenters. The number of aliphatic hydroxyl groups excluding tert-OH is 1. The monoisotopic (exact) mass is 488 g/mol. The van der Waals surface area contributed by atoms with Gasteiger partial charge in [-0.05, 0) is 74.5 Å². The van der Waals surface area contributed by atoms with Crippen molar-refractivity contribution in [3.05, 3.63) is 52.0 Å². The standard InChI is InChI=1S/C26H37BrN2O2/c1-2-20-11-3-6-15-24(20)29-25(30)16-8-10-19-9-7-12-21(18-17-19)28-26(31)22-13-4-5-14-23(22)27/h3,5-6,11,14-15,19,21,26,28,31H,2,4,7-10,12-13,16-18H2,1H3,(H,29,30). The number of amides is 1. The zero-order chi connectivity index (χ0) is 22.1. The Bertz CT molecular complexity index is 789. The van der Waals surface area contributed by atoms with Crippen molar-refractivity contribution in [2.24, 2.45) is 5.92 Å². The van der Waals surface area contributed by atoms with Crippen LogP contribution in [-0.4, -0.2) is 23.3 Å². The molecule has 31 heavy (non-hydrogen) atoms. The van der Waals surface area contributed by atoms with Crippen LogP contribution in [0.25, 0.3) is 0 Å². The van der Waals surface area contributed by atoms with Gasteiger partial charge in [-0.3, -0.25) is 10.1 Å². The van der Waals surface area contributed by atoms with Crippen LogP contribution in [0.15, 0.2) is 46.5 Å². The van der Waals surface area contributed by atoms with Crippen LogP contribution in [-0.2, 0) is 11.2 Å². The van der Waals surface area contributed by atoms with E-state index in [2.05, 4.69) is 45.6 Å². The number of nitrogens with one attached hydrogen (secondary N) is 2. The average molecular weight is 489 g/mol. The van der Waals surface area contributed by atoms with Gasteiger partial charge in [-0.25, -0.2) is 0 Å². The van der Waals surface area contributed by atoms with E-state index >= 15 is 0 Å². The van der Waals surface area contributed by atoms with E-state index in [-0.39, 0.29) is 5.91 Å². The fraction of sp³-hybridized carbons (Fsp3) is 0.577. The molecular weight excluding hydrogens is 452 g/mol. The molecule has 2 aliphatic carbocycles. The Labute approximate surface area is 195 Å². The van der Waals surface area contributed by atoms with E-state index in [1.807, 2.05) is 24.3 Å². The van der Waals surface area contributed by atoms with Crippen molar-refractivity contribution >= 4 is 27.5 Å². The Morgan fingerprint density at radius 1 is 1.23 bits per heavy atom. The molecule has 0 radical (unpaired) electrons. The number of halogens is 1. The van der Waals surface area contributed by atoms with Crippen molar-refractivity contribution in [2.45, 2.75) is 89.8 Å². The minimum atomic E-state index is -0.560. The third-order valence-corrected chi connectivity index (χ3v) is 7.43. The second-order valence-electron chi connectivity index (χ2n) is 8.91. The van der Waals surface area contributed by atoms with Gasteiger partial charge in [0.1, 0.15) is 6.23 Å². The maximum Gasteiger partial charge on any atom is 0.224 e. The van der Waals surface area contributed by atoms with E-state index in [0.29, 0.717) is 18.4 Å². The first-order chi connectivity index (χ1) is 15.1. The summed E-state index contributed by atoms with van der Waals surface area (Å²) in [5.74, 6) is 0.806. The molecule has 1 aromatic rings. The summed E-state index contributed by atoms with van der Waals surface area (Å²) >= 11 is 3.57. The van der Waals surface area contributed by atoms with Gasteiger partial charge in [0, 0.05) is 22.6 Å². The molecule has 1 saturated carbocycles. The van der Waals surface area contributed by atoms with Gasteiger partial charge >= 0.3 is 0 Å². The zero-order valence-corrected chi connectivity index (χ0v) is 20.3. The highest BCUT2D eigenvalue weighted by Crippen LogP contribution is 2.30. The number of para-hydroxylation sites is 1. The quantitative estimate of drug-likeness (QED) is 0.285. The molecular formula is C26H37BrN2O2. The van der Waals surface area contributed by atoms with Crippen molar-refractivity contribution in [3.8, 4) is 0 Å². The molecule has 0 heterocycles. The fourth-order valence-electron chi connectivity index (χ4n) is 4.79. The molecule has 0 aromatic heterocycles. The maximum absolute atomic E-state index is 12.4. The molecule has 1 aromatic carbocycles. The number of hydrogen-bond donors (Lipinski definition) is 3. The molecule has 0 aliphatic heterocycles. The smallest absolute Gasteiger partial charge is 0.224 e. The number of carbonyl (C=O) groups excluding carboxylic acids is 1. The molecule has 3 atom stereocenters. The summed E-state index contributed by atoms with van der Waals surface area (Å²) in [6, 6.07) is 8.42. The third kappa shape index (κ3) is 7.58. The minimum absolute atomic E-state index is 0.123. The van der Waals surface area contributed by atoms with E-state index in [0.717, 1.165) is 60.7 Å². The summed E-state index contributed by atoms with van der Waals surface area (Å²) in [6.45, 7) is 2.11. The van der Waals surface area contributed by atoms with Gasteiger partial charge in [0.15, 0.2) is 0 Å². The van der Waals surface area contributed by atoms with Crippen LogP contribution in [0, 0.1) is 5.92 Å². The molecule has 2 aliphatic rings. The Balaban J connectivity index is 1.38. The highest BCUT2D eigenvalue weighted by molar-refractivity contribution is 9.11. The molecule has 4 nitrogen and oxygen atoms in total. The molecule has 170 valence electrons. The third-order valence-electron chi connectivity index (χ3n) is 6.65. The maximum atomic E-state index is 12.4. The van der Waals surface area contributed by atoms with Gasteiger partial charge in [0.05, 0.1) is 0 Å². The summed E-state index contributed by atoms with van der Waals surface area (Å²) < 4.78 is 1.02. The zero-order valence-electron chi connectivity index (χ0n) is 18.7. The summed E-state index contributed by atoms with van der Waals surface area (Å²) in [5.41, 5.74) is 3.21. The first kappa shape index (κ1) is 24.2. The lowest BCUT2D eigenvalue weighted by atomic mass is 9.94. The SMILES string of the molecule is CCc1ccccc1NC(=O)CCCC1CCCC(NC(O)C2=C(Br)C=CCC2)CC1. The first-order valence-electron chi connectivity index (χ1n) is 11.9. The van der Waals surface area contributed by atoms with Crippen LogP contribution in [0.2, 0.25) is 0 Å². The molecule has 0 saturated heterocycles. The van der Waals surface area contributed by atoms with Crippen LogP contribution >= 0.6 is 15.9 Å². The Kier molecular flexibility index (Phi) is 9.82. The van der Waals surface area contributed by atoms with E-state index in [4.69, 9.17) is 0 Å². The van der Waals surface area contributed by atoms with E-state index in [1.165, 1.54) is 24.8 Å². The van der Waals surface area contributed by atoms with Crippen LogP contribution < -0.4 is 10.6 Å². The van der Waals surface area contributed by atoms with Gasteiger partial charge in [0.25, 0.3) is 0 Å². The summed E-state index contributed by atoms with van der Waals surface area (Å²) in [5, 5.41) is 17.2. The molecule has 5 heteroatoms. The number of aliphatic hydroxyl groups is 1. The Morgan fingerprint density at radius 3 is 2.87 bits per heavy atom. The number of aryl methyl sites for hydroxylation is 1. The van der Waals surface area contributed by atoms with Crippen molar-refractivity contribution in [2.75, 3.05) is 5.32 Å². The lowest BCUT2D eigenvalue weighted by Gasteiger charge is -2.25. The second-order valence-corrected chi connectivity index (χ2v) is 9.76. The number of rotatable bonds is 9. The van der Waals surface area contributed by atoms with Gasteiger partial charge in [-0.15, -0.1) is 0 Å². The molecule has 3 rings (SSSR count). The summed E-state index contributed by atoms with van der Waals surface area (Å²) in [7, 11) is 0. The molecule has 3 N–H and O–H groups in total. The number of benzene rings is 1. The number of carbonyl (C=O) groups is 1. The number of allylic oxidation sites excluding steroid dienone is 3. The normalized spacial score (nSPS) is 22.8. The van der Waals surface area contributed by atoms with Crippen LogP contribution in [0.1, 0.15) is 76.7 Å². The van der Waals surface area contributed by atoms with Crippen molar-refractivity contribution in [1.29, 1.82) is 0 Å². The van der Waals surface area contributed by atoms with Crippen LogP contribution in [0.4, 0.5) is 5.69 Å². The number of hydrogen-bond acceptors (Lipinski definition) is 3. The Hall–Kier alpha value is -1.43. The Morgan fingerprint density at radius 2 is 2.06 bits per heavy atom. The summed E-state index contributed by atoms with van der Waals surface area (Å²) in [4.78, 5) is 12.4. The van der Waals surface area contributed by atoms with Crippen molar-refractivity contribution < 1.29 is 9.90 Å². The van der Waals surface area contributed by atoms with Gasteiger partial charge in [-0.1, -0.05) is 66.0 Å². The first-order valence-corrected chi connectivity index (χ1v) is 12.7. The van der Waals surface area contributed by atoms with Gasteiger partial charge in [0.2, 0.25) is 5.91 Å². The molecule has 1 amide bonds. The van der Waals surface area contributed by atoms with Crippen molar-refractivity contribution in [3.63, 3.8) is 0 Å². The highest BCUT2D eigenvalue weighted by atomic mass is 79.9. The lowest BCUT2D eigenvalue weighted by molar-refractivity contribution is -0.116. The largest absolute Gasteiger partial charge is 0.375 e. The molecule has 0 bridgehead atoms. The lowest BCUT2D eigenvalue weighted by Crippen LogP contribution is -2.39. The van der Waals surface area contributed by atoms with Crippen molar-refractivity contribution in [1.82, 2.24) is 5.32 Å². The van der Waals surface area contributed by atoms with E-state index in [1.54, 1.807) is 0 Å². The molecule has 0 spiro atoms. The minimum Gasteiger partial charge on any atom is -0.375 e. The summed E-state index contributed by atoms with van der Waals surface area (Å²) in [6.07, 6.45) is 14.9. The van der Waals surface area contributed by atoms with Gasteiger partial charge in [-0.2, -0.15) is 0 Å². The van der Waals surface area contributed by atoms with E-state index in [9.17, 15) is 9.90 Å². The predicted molar refractivity (Wildman–Crippen MR) is 132 cm³/mol. The van der Waals surface area contributed by atoms with E-state index < -0.39 is 6.23 Å². The second kappa shape index (κ2) is 12.6. The highest BCUT2D eigenvalue weighted by Gasteiger charge is 2.23. The molecule has 1 fully saturated rings. The van der Waals surface area contributed by atoms with Gasteiger partial charge < -0.3 is 10.4 Å².